The lowest BCUT2D eigenvalue weighted by molar-refractivity contribution is -0.328. The molecule has 7 nitrogen and oxygen atoms in total. The molecule has 1 fully saturated rings. The fourth-order valence-corrected chi connectivity index (χ4v) is 2.17. The van der Waals surface area contributed by atoms with Gasteiger partial charge in [0.1, 0.15) is 24.4 Å². The summed E-state index contributed by atoms with van der Waals surface area (Å²) in [5, 5.41) is 41.6. The van der Waals surface area contributed by atoms with E-state index in [1.54, 1.807) is 0 Å². The summed E-state index contributed by atoms with van der Waals surface area (Å²) in [7, 11) is 0. The van der Waals surface area contributed by atoms with Gasteiger partial charge in [-0.1, -0.05) is 30.3 Å². The standard InChI is InChI=1S/C13H20N2O5/c14-12-11(18)10(17)9(7-16)20-13(12,19)15-6-8-4-2-1-3-5-8/h1-5,9-12,15-19H,6-7,14H2/t9-,10-,11+,12-,13?/m1/s1. The second-order valence-corrected chi connectivity index (χ2v) is 4.88. The quantitative estimate of drug-likeness (QED) is 0.348. The minimum Gasteiger partial charge on any atom is -0.394 e. The van der Waals surface area contributed by atoms with Crippen LogP contribution in [0.2, 0.25) is 0 Å². The SMILES string of the molecule is N[C@@H]1[C@@H](O)[C@H](O)[C@@H](CO)OC1(O)NCc1ccccc1. The smallest absolute Gasteiger partial charge is 0.244 e. The number of ether oxygens (including phenoxy) is 1. The molecule has 20 heavy (non-hydrogen) atoms. The molecule has 7 N–H and O–H groups in total. The molecule has 0 amide bonds. The van der Waals surface area contributed by atoms with Crippen LogP contribution in [0, 0.1) is 0 Å². The van der Waals surface area contributed by atoms with Gasteiger partial charge in [0, 0.05) is 6.54 Å². The van der Waals surface area contributed by atoms with Crippen LogP contribution in [0.3, 0.4) is 0 Å². The lowest BCUT2D eigenvalue weighted by atomic mass is 9.95. The van der Waals surface area contributed by atoms with Crippen molar-refractivity contribution in [1.82, 2.24) is 5.32 Å². The van der Waals surface area contributed by atoms with Gasteiger partial charge in [0.25, 0.3) is 0 Å². The van der Waals surface area contributed by atoms with Crippen LogP contribution in [0.25, 0.3) is 0 Å². The molecule has 0 radical (unpaired) electrons. The van der Waals surface area contributed by atoms with E-state index in [2.05, 4.69) is 5.32 Å². The molecule has 112 valence electrons. The molecule has 0 aliphatic carbocycles. The second-order valence-electron chi connectivity index (χ2n) is 4.88. The molecular formula is C13H20N2O5. The average Bonchev–Trinajstić information content (AvgIpc) is 2.48. The minimum absolute atomic E-state index is 0.256. The first-order chi connectivity index (χ1) is 9.48. The van der Waals surface area contributed by atoms with Crippen molar-refractivity contribution in [3.8, 4) is 0 Å². The maximum absolute atomic E-state index is 10.4. The van der Waals surface area contributed by atoms with Crippen LogP contribution in [0.5, 0.6) is 0 Å². The lowest BCUT2D eigenvalue weighted by Crippen LogP contribution is -2.73. The first-order valence-electron chi connectivity index (χ1n) is 6.39. The summed E-state index contributed by atoms with van der Waals surface area (Å²) in [6, 6.07) is 8.00. The first-order valence-corrected chi connectivity index (χ1v) is 6.39. The number of hydrogen-bond acceptors (Lipinski definition) is 7. The molecule has 1 aliphatic rings. The van der Waals surface area contributed by atoms with Crippen LogP contribution < -0.4 is 11.1 Å². The van der Waals surface area contributed by atoms with Crippen molar-refractivity contribution >= 4 is 0 Å². The Hall–Kier alpha value is -1.06. The molecule has 1 saturated heterocycles. The van der Waals surface area contributed by atoms with Crippen molar-refractivity contribution in [3.63, 3.8) is 0 Å². The Bertz CT molecular complexity index is 430. The monoisotopic (exact) mass is 284 g/mol. The highest BCUT2D eigenvalue weighted by Crippen LogP contribution is 2.25. The molecule has 0 aromatic heterocycles. The zero-order chi connectivity index (χ0) is 14.8. The highest BCUT2D eigenvalue weighted by atomic mass is 16.7. The summed E-state index contributed by atoms with van der Waals surface area (Å²) in [5.74, 6) is -2.03. The van der Waals surface area contributed by atoms with E-state index in [0.717, 1.165) is 5.56 Å². The average molecular weight is 284 g/mol. The van der Waals surface area contributed by atoms with Crippen LogP contribution in [-0.4, -0.2) is 57.3 Å². The molecule has 0 saturated carbocycles. The molecule has 1 aliphatic heterocycles. The highest BCUT2D eigenvalue weighted by molar-refractivity contribution is 5.14. The Kier molecular flexibility index (Phi) is 4.71. The van der Waals surface area contributed by atoms with E-state index < -0.39 is 36.9 Å². The number of aliphatic hydroxyl groups excluding tert-OH is 3. The topological polar surface area (TPSA) is 128 Å². The maximum Gasteiger partial charge on any atom is 0.244 e. The van der Waals surface area contributed by atoms with Crippen molar-refractivity contribution in [1.29, 1.82) is 0 Å². The third-order valence-electron chi connectivity index (χ3n) is 3.45. The van der Waals surface area contributed by atoms with Crippen molar-refractivity contribution in [2.75, 3.05) is 6.61 Å². The van der Waals surface area contributed by atoms with E-state index in [9.17, 15) is 15.3 Å². The van der Waals surface area contributed by atoms with E-state index in [0.29, 0.717) is 0 Å². The summed E-state index contributed by atoms with van der Waals surface area (Å²) in [4.78, 5) is 0. The van der Waals surface area contributed by atoms with Gasteiger partial charge < -0.3 is 30.9 Å². The normalized spacial score (nSPS) is 37.9. The molecule has 1 aromatic carbocycles. The fraction of sp³-hybridized carbons (Fsp3) is 0.538. The van der Waals surface area contributed by atoms with E-state index in [1.165, 1.54) is 0 Å². The Labute approximate surface area is 116 Å². The number of hydrogen-bond donors (Lipinski definition) is 6. The van der Waals surface area contributed by atoms with Gasteiger partial charge in [-0.3, -0.25) is 5.32 Å². The number of aliphatic hydroxyl groups is 4. The van der Waals surface area contributed by atoms with Crippen molar-refractivity contribution in [2.24, 2.45) is 5.73 Å². The Morgan fingerprint density at radius 1 is 1.20 bits per heavy atom. The third kappa shape index (κ3) is 2.99. The van der Waals surface area contributed by atoms with Crippen LogP contribution in [-0.2, 0) is 11.3 Å². The van der Waals surface area contributed by atoms with Crippen molar-refractivity contribution in [2.45, 2.75) is 36.8 Å². The second kappa shape index (κ2) is 6.15. The summed E-state index contributed by atoms with van der Waals surface area (Å²) >= 11 is 0. The number of nitrogens with one attached hydrogen (secondary N) is 1. The first kappa shape index (κ1) is 15.3. The fourth-order valence-electron chi connectivity index (χ4n) is 2.17. The molecule has 5 atom stereocenters. The number of benzene rings is 1. The molecule has 0 bridgehead atoms. The lowest BCUT2D eigenvalue weighted by Gasteiger charge is -2.46. The molecule has 1 heterocycles. The van der Waals surface area contributed by atoms with Crippen molar-refractivity contribution in [3.05, 3.63) is 35.9 Å². The zero-order valence-electron chi connectivity index (χ0n) is 10.9. The largest absolute Gasteiger partial charge is 0.394 e. The van der Waals surface area contributed by atoms with Gasteiger partial charge >= 0.3 is 0 Å². The Morgan fingerprint density at radius 2 is 1.85 bits per heavy atom. The minimum atomic E-state index is -2.03. The summed E-state index contributed by atoms with van der Waals surface area (Å²) in [6.45, 7) is -0.285. The number of nitrogens with two attached hydrogens (primary N) is 1. The Morgan fingerprint density at radius 3 is 2.45 bits per heavy atom. The molecule has 7 heteroatoms. The Balaban J connectivity index is 2.07. The number of rotatable bonds is 4. The van der Waals surface area contributed by atoms with Crippen LogP contribution >= 0.6 is 0 Å². The summed E-state index contributed by atoms with van der Waals surface area (Å²) < 4.78 is 5.20. The van der Waals surface area contributed by atoms with Gasteiger partial charge in [-0.05, 0) is 5.56 Å². The summed E-state index contributed by atoms with van der Waals surface area (Å²) in [5.41, 5.74) is 6.59. The molecule has 1 unspecified atom stereocenters. The zero-order valence-corrected chi connectivity index (χ0v) is 10.9. The molecule has 0 spiro atoms. The summed E-state index contributed by atoms with van der Waals surface area (Å²) in [6.07, 6.45) is -3.87. The van der Waals surface area contributed by atoms with Crippen LogP contribution in [0.15, 0.2) is 30.3 Å². The third-order valence-corrected chi connectivity index (χ3v) is 3.45. The molecule has 2 rings (SSSR count). The molecular weight excluding hydrogens is 264 g/mol. The predicted octanol–water partition coefficient (Wildman–Crippen LogP) is -2.14. The maximum atomic E-state index is 10.4. The van der Waals surface area contributed by atoms with Gasteiger partial charge in [-0.25, -0.2) is 0 Å². The van der Waals surface area contributed by atoms with Crippen molar-refractivity contribution < 1.29 is 25.2 Å². The van der Waals surface area contributed by atoms with E-state index in [-0.39, 0.29) is 6.54 Å². The van der Waals surface area contributed by atoms with Gasteiger partial charge in [0.05, 0.1) is 6.61 Å². The highest BCUT2D eigenvalue weighted by Gasteiger charge is 2.51. The van der Waals surface area contributed by atoms with Crippen LogP contribution in [0.4, 0.5) is 0 Å². The van der Waals surface area contributed by atoms with Gasteiger partial charge in [0.15, 0.2) is 0 Å². The van der Waals surface area contributed by atoms with E-state index in [4.69, 9.17) is 15.6 Å². The molecule has 1 aromatic rings. The van der Waals surface area contributed by atoms with E-state index >= 15 is 0 Å². The van der Waals surface area contributed by atoms with Crippen LogP contribution in [0.1, 0.15) is 5.56 Å². The van der Waals surface area contributed by atoms with E-state index in [1.807, 2.05) is 30.3 Å². The van der Waals surface area contributed by atoms with Gasteiger partial charge in [-0.2, -0.15) is 0 Å². The van der Waals surface area contributed by atoms with Gasteiger partial charge in [0.2, 0.25) is 5.91 Å². The predicted molar refractivity (Wildman–Crippen MR) is 70.2 cm³/mol. The van der Waals surface area contributed by atoms with Gasteiger partial charge in [-0.15, -0.1) is 0 Å².